The van der Waals surface area contributed by atoms with Crippen molar-refractivity contribution in [3.05, 3.63) is 24.3 Å². The van der Waals surface area contributed by atoms with Crippen molar-refractivity contribution in [2.75, 3.05) is 6.54 Å². The van der Waals surface area contributed by atoms with Crippen LogP contribution in [0.5, 0.6) is 0 Å². The molecule has 0 saturated carbocycles. The Hall–Kier alpha value is -0.580. The van der Waals surface area contributed by atoms with Gasteiger partial charge in [-0.05, 0) is 31.2 Å². The molecule has 0 saturated heterocycles. The Morgan fingerprint density at radius 2 is 1.83 bits per heavy atom. The molecule has 0 spiro atoms. The van der Waals surface area contributed by atoms with Crippen molar-refractivity contribution in [3.8, 4) is 0 Å². The van der Waals surface area contributed by atoms with Gasteiger partial charge < -0.3 is 15.2 Å². The molecule has 96 valence electrons. The van der Waals surface area contributed by atoms with E-state index in [2.05, 4.69) is 24.1 Å². The molecule has 0 aliphatic carbocycles. The summed E-state index contributed by atoms with van der Waals surface area (Å²) < 4.78 is 0. The van der Waals surface area contributed by atoms with Crippen LogP contribution in [0.15, 0.2) is 29.3 Å². The van der Waals surface area contributed by atoms with Gasteiger partial charge in [0.1, 0.15) is 0 Å². The van der Waals surface area contributed by atoms with Crippen LogP contribution in [-0.2, 0) is 4.79 Å². The van der Waals surface area contributed by atoms with Gasteiger partial charge in [0.05, 0.1) is 0 Å². The Balaban J connectivity index is 0. The first-order valence-electron chi connectivity index (χ1n) is 5.94. The molecule has 0 heterocycles. The summed E-state index contributed by atoms with van der Waals surface area (Å²) in [6.07, 6.45) is 11.3. The van der Waals surface area contributed by atoms with Gasteiger partial charge >= 0.3 is 35.5 Å². The number of carboxylic acid groups (broad SMARTS) is 1. The normalized spacial score (nSPS) is 11.9. The maximum absolute atomic E-state index is 11.0. The second-order valence-corrected chi connectivity index (χ2v) is 3.65. The number of rotatable bonds is 9. The zero-order chi connectivity index (χ0) is 12.9. The summed E-state index contributed by atoms with van der Waals surface area (Å²) in [4.78, 5) is 13.8. The van der Waals surface area contributed by atoms with Gasteiger partial charge in [0.2, 0.25) is 0 Å². The first-order valence-corrected chi connectivity index (χ1v) is 5.94. The molecule has 0 aromatic rings. The third-order valence-corrected chi connectivity index (χ3v) is 2.06. The van der Waals surface area contributed by atoms with Crippen LogP contribution < -0.4 is 34.7 Å². The van der Waals surface area contributed by atoms with Crippen LogP contribution in [0.2, 0.25) is 0 Å². The van der Waals surface area contributed by atoms with E-state index in [1.807, 2.05) is 0 Å². The van der Waals surface area contributed by atoms with Crippen molar-refractivity contribution in [1.29, 1.82) is 0 Å². The van der Waals surface area contributed by atoms with E-state index in [0.717, 1.165) is 31.4 Å². The fourth-order valence-corrected chi connectivity index (χ4v) is 1.15. The average Bonchev–Trinajstić information content (AvgIpc) is 2.30. The number of allylic oxidation sites excluding steroid dienone is 2. The fourth-order valence-electron chi connectivity index (χ4n) is 1.15. The SMILES string of the molecule is CCCC/C=C/CCCN=C([O-])/C=C/C(=O)O.[Na+]. The van der Waals surface area contributed by atoms with E-state index < -0.39 is 11.9 Å². The van der Waals surface area contributed by atoms with Crippen molar-refractivity contribution >= 4 is 11.9 Å². The first kappa shape index (κ1) is 19.8. The van der Waals surface area contributed by atoms with Gasteiger partial charge in [0.25, 0.3) is 0 Å². The van der Waals surface area contributed by atoms with E-state index in [-0.39, 0.29) is 29.6 Å². The maximum Gasteiger partial charge on any atom is 1.00 e. The summed E-state index contributed by atoms with van der Waals surface area (Å²) in [6, 6.07) is 0. The van der Waals surface area contributed by atoms with Crippen LogP contribution in [0.25, 0.3) is 0 Å². The third-order valence-electron chi connectivity index (χ3n) is 2.06. The Morgan fingerprint density at radius 3 is 2.39 bits per heavy atom. The standard InChI is InChI=1S/C13H21NO3.Na/c1-2-3-4-5-6-7-8-11-14-12(15)9-10-13(16)17;/h5-6,9-10H,2-4,7-8,11H2,1H3,(H,14,15)(H,16,17);/q;+1/p-1/b6-5+,10-9+;. The predicted molar refractivity (Wildman–Crippen MR) is 67.0 cm³/mol. The third kappa shape index (κ3) is 15.4. The molecular weight excluding hydrogens is 241 g/mol. The van der Waals surface area contributed by atoms with Gasteiger partial charge in [-0.2, -0.15) is 0 Å². The van der Waals surface area contributed by atoms with Gasteiger partial charge in [0.15, 0.2) is 0 Å². The topological polar surface area (TPSA) is 72.7 Å². The number of nitrogens with zero attached hydrogens (tertiary/aromatic N) is 1. The minimum absolute atomic E-state index is 0. The zero-order valence-corrected chi connectivity index (χ0v) is 13.3. The minimum Gasteiger partial charge on any atom is -0.859 e. The van der Waals surface area contributed by atoms with E-state index in [4.69, 9.17) is 5.11 Å². The van der Waals surface area contributed by atoms with Gasteiger partial charge in [-0.15, -0.1) is 0 Å². The smallest absolute Gasteiger partial charge is 0.859 e. The molecular formula is C13H20NNaO3. The minimum atomic E-state index is -1.13. The van der Waals surface area contributed by atoms with Crippen LogP contribution in [0.1, 0.15) is 39.0 Å². The molecule has 4 nitrogen and oxygen atoms in total. The molecule has 18 heavy (non-hydrogen) atoms. The molecule has 0 aliphatic rings. The summed E-state index contributed by atoms with van der Waals surface area (Å²) >= 11 is 0. The second-order valence-electron chi connectivity index (χ2n) is 3.65. The van der Waals surface area contributed by atoms with Crippen LogP contribution >= 0.6 is 0 Å². The average molecular weight is 261 g/mol. The number of aliphatic imine (C=N–C) groups is 1. The Bertz CT molecular complexity index is 299. The number of unbranched alkanes of at least 4 members (excludes halogenated alkanes) is 3. The van der Waals surface area contributed by atoms with Gasteiger partial charge in [0, 0.05) is 12.6 Å². The van der Waals surface area contributed by atoms with Gasteiger partial charge in [-0.25, -0.2) is 4.79 Å². The molecule has 0 rings (SSSR count). The van der Waals surface area contributed by atoms with E-state index >= 15 is 0 Å². The summed E-state index contributed by atoms with van der Waals surface area (Å²) in [6.45, 7) is 2.60. The summed E-state index contributed by atoms with van der Waals surface area (Å²) in [7, 11) is 0. The zero-order valence-electron chi connectivity index (χ0n) is 11.3. The number of hydrogen-bond acceptors (Lipinski definition) is 3. The summed E-state index contributed by atoms with van der Waals surface area (Å²) in [5.74, 6) is -1.62. The number of carboxylic acids is 1. The van der Waals surface area contributed by atoms with Crippen molar-refractivity contribution in [2.45, 2.75) is 39.0 Å². The molecule has 0 aromatic heterocycles. The second kappa shape index (κ2) is 14.5. The molecule has 1 N–H and O–H groups in total. The molecule has 0 unspecified atom stereocenters. The van der Waals surface area contributed by atoms with Crippen molar-refractivity contribution < 1.29 is 44.6 Å². The van der Waals surface area contributed by atoms with Crippen LogP contribution in [0.3, 0.4) is 0 Å². The fraction of sp³-hybridized carbons (Fsp3) is 0.538. The Morgan fingerprint density at radius 1 is 1.22 bits per heavy atom. The Labute approximate surface area is 131 Å². The molecule has 0 bridgehead atoms. The van der Waals surface area contributed by atoms with E-state index in [0.29, 0.717) is 6.54 Å². The van der Waals surface area contributed by atoms with Crippen LogP contribution in [0.4, 0.5) is 0 Å². The molecule has 0 fully saturated rings. The number of hydrogen-bond donors (Lipinski definition) is 1. The molecule has 0 amide bonds. The van der Waals surface area contributed by atoms with Gasteiger partial charge in [-0.3, -0.25) is 0 Å². The maximum atomic E-state index is 11.0. The predicted octanol–water partition coefficient (Wildman–Crippen LogP) is -1.08. The molecule has 0 radical (unpaired) electrons. The quantitative estimate of drug-likeness (QED) is 0.143. The van der Waals surface area contributed by atoms with Crippen molar-refractivity contribution in [3.63, 3.8) is 0 Å². The van der Waals surface area contributed by atoms with Crippen LogP contribution in [0, 0.1) is 0 Å². The Kier molecular flexibility index (Phi) is 15.9. The largest absolute Gasteiger partial charge is 1.00 e. The van der Waals surface area contributed by atoms with Crippen LogP contribution in [-0.4, -0.2) is 23.5 Å². The van der Waals surface area contributed by atoms with E-state index in [9.17, 15) is 9.90 Å². The van der Waals surface area contributed by atoms with Crippen molar-refractivity contribution in [1.82, 2.24) is 0 Å². The molecule has 5 heteroatoms. The van der Waals surface area contributed by atoms with Crippen molar-refractivity contribution in [2.24, 2.45) is 4.99 Å². The molecule has 0 atom stereocenters. The van der Waals surface area contributed by atoms with E-state index in [1.54, 1.807) is 0 Å². The monoisotopic (exact) mass is 261 g/mol. The van der Waals surface area contributed by atoms with Gasteiger partial charge in [-0.1, -0.05) is 31.9 Å². The first-order chi connectivity index (χ1) is 8.16. The number of carbonyl (C=O) groups is 1. The summed E-state index contributed by atoms with van der Waals surface area (Å²) in [5, 5.41) is 19.3. The van der Waals surface area contributed by atoms with E-state index in [1.165, 1.54) is 12.8 Å². The number of aliphatic carboxylic acids is 1. The molecule has 0 aromatic carbocycles. The molecule has 0 aliphatic heterocycles. The summed E-state index contributed by atoms with van der Waals surface area (Å²) in [5.41, 5.74) is 0.